The highest BCUT2D eigenvalue weighted by Gasteiger charge is 2.36. The quantitative estimate of drug-likeness (QED) is 0.808. The molecule has 0 saturated heterocycles. The van der Waals surface area contributed by atoms with Gasteiger partial charge in [-0.05, 0) is 54.8 Å². The Balaban J connectivity index is 1.98. The number of nitrogens with one attached hydrogen (secondary N) is 1. The lowest BCUT2D eigenvalue weighted by Crippen LogP contribution is -2.42. The van der Waals surface area contributed by atoms with Gasteiger partial charge in [0.2, 0.25) is 0 Å². The average Bonchev–Trinajstić information content (AvgIpc) is 2.28. The number of rotatable bonds is 6. The number of hydrogen-bond donors (Lipinski definition) is 1. The molecule has 0 spiro atoms. The molecule has 1 aromatic carbocycles. The monoisotopic (exact) mass is 327 g/mol. The molecule has 1 fully saturated rings. The summed E-state index contributed by atoms with van der Waals surface area (Å²) in [7, 11) is 0. The van der Waals surface area contributed by atoms with Gasteiger partial charge in [0.1, 0.15) is 5.82 Å². The van der Waals surface area contributed by atoms with Crippen LogP contribution in [0.3, 0.4) is 0 Å². The van der Waals surface area contributed by atoms with Crippen LogP contribution in [0.25, 0.3) is 0 Å². The van der Waals surface area contributed by atoms with E-state index in [1.54, 1.807) is 12.1 Å². The highest BCUT2D eigenvalue weighted by molar-refractivity contribution is 9.10. The SMILES string of the molecule is CC(C)CNCC1(Cc2ccc(F)cc2Br)CCC1. The summed E-state index contributed by atoms with van der Waals surface area (Å²) in [5.41, 5.74) is 1.61. The van der Waals surface area contributed by atoms with Crippen LogP contribution in [0.2, 0.25) is 0 Å². The number of benzene rings is 1. The summed E-state index contributed by atoms with van der Waals surface area (Å²) >= 11 is 3.48. The van der Waals surface area contributed by atoms with E-state index in [9.17, 15) is 4.39 Å². The largest absolute Gasteiger partial charge is 0.316 e. The number of halogens is 2. The molecule has 3 heteroatoms. The van der Waals surface area contributed by atoms with Crippen molar-refractivity contribution in [3.05, 3.63) is 34.1 Å². The maximum absolute atomic E-state index is 13.1. The molecule has 106 valence electrons. The first-order valence-corrected chi connectivity index (χ1v) is 7.95. The Morgan fingerprint density at radius 2 is 2.11 bits per heavy atom. The molecule has 0 amide bonds. The van der Waals surface area contributed by atoms with E-state index in [1.165, 1.54) is 24.8 Å². The molecule has 1 saturated carbocycles. The van der Waals surface area contributed by atoms with E-state index in [1.807, 2.05) is 6.07 Å². The second-order valence-electron chi connectivity index (χ2n) is 6.29. The van der Waals surface area contributed by atoms with E-state index in [0.29, 0.717) is 11.3 Å². The molecule has 0 aromatic heterocycles. The lowest BCUT2D eigenvalue weighted by Gasteiger charge is -2.43. The zero-order chi connectivity index (χ0) is 13.9. The molecule has 1 aliphatic rings. The Morgan fingerprint density at radius 1 is 1.37 bits per heavy atom. The van der Waals surface area contributed by atoms with Crippen molar-refractivity contribution in [1.82, 2.24) is 5.32 Å². The molecule has 1 aliphatic carbocycles. The van der Waals surface area contributed by atoms with Crippen LogP contribution in [0, 0.1) is 17.2 Å². The Hall–Kier alpha value is -0.410. The molecule has 1 nitrogen and oxygen atoms in total. The van der Waals surface area contributed by atoms with Crippen molar-refractivity contribution in [1.29, 1.82) is 0 Å². The molecular formula is C16H23BrFN. The van der Waals surface area contributed by atoms with Crippen LogP contribution in [-0.2, 0) is 6.42 Å². The third-order valence-corrected chi connectivity index (χ3v) is 4.79. The molecular weight excluding hydrogens is 305 g/mol. The summed E-state index contributed by atoms with van der Waals surface area (Å²) in [4.78, 5) is 0. The van der Waals surface area contributed by atoms with E-state index in [-0.39, 0.29) is 5.82 Å². The van der Waals surface area contributed by atoms with Gasteiger partial charge in [-0.3, -0.25) is 0 Å². The predicted octanol–water partition coefficient (Wildman–Crippen LogP) is 4.55. The average molecular weight is 328 g/mol. The molecule has 0 radical (unpaired) electrons. The molecule has 2 rings (SSSR count). The van der Waals surface area contributed by atoms with Gasteiger partial charge < -0.3 is 5.32 Å². The zero-order valence-corrected chi connectivity index (χ0v) is 13.4. The fourth-order valence-corrected chi connectivity index (χ4v) is 3.28. The van der Waals surface area contributed by atoms with Gasteiger partial charge in [0.05, 0.1) is 0 Å². The van der Waals surface area contributed by atoms with E-state index >= 15 is 0 Å². The van der Waals surface area contributed by atoms with Gasteiger partial charge in [0.15, 0.2) is 0 Å². The lowest BCUT2D eigenvalue weighted by atomic mass is 9.65. The second-order valence-corrected chi connectivity index (χ2v) is 7.15. The molecule has 1 N–H and O–H groups in total. The van der Waals surface area contributed by atoms with Gasteiger partial charge in [-0.15, -0.1) is 0 Å². The standard InChI is InChI=1S/C16H23BrFN/c1-12(2)10-19-11-16(6-3-7-16)9-13-4-5-14(18)8-15(13)17/h4-5,8,12,19H,3,6-7,9-11H2,1-2H3. The smallest absolute Gasteiger partial charge is 0.124 e. The van der Waals surface area contributed by atoms with Gasteiger partial charge >= 0.3 is 0 Å². The Labute approximate surface area is 124 Å². The topological polar surface area (TPSA) is 12.0 Å². The predicted molar refractivity (Wildman–Crippen MR) is 81.8 cm³/mol. The van der Waals surface area contributed by atoms with Crippen molar-refractivity contribution < 1.29 is 4.39 Å². The normalized spacial score (nSPS) is 17.5. The molecule has 0 bridgehead atoms. The van der Waals surface area contributed by atoms with Crippen LogP contribution in [0.15, 0.2) is 22.7 Å². The van der Waals surface area contributed by atoms with Crippen LogP contribution in [-0.4, -0.2) is 13.1 Å². The van der Waals surface area contributed by atoms with E-state index in [2.05, 4.69) is 35.1 Å². The van der Waals surface area contributed by atoms with Crippen LogP contribution in [0.4, 0.5) is 4.39 Å². The first kappa shape index (κ1) is 15.0. The van der Waals surface area contributed by atoms with Crippen LogP contribution in [0.5, 0.6) is 0 Å². The first-order chi connectivity index (χ1) is 9.01. The van der Waals surface area contributed by atoms with Crippen molar-refractivity contribution in [2.45, 2.75) is 39.5 Å². The minimum absolute atomic E-state index is 0.170. The summed E-state index contributed by atoms with van der Waals surface area (Å²) < 4.78 is 14.0. The maximum atomic E-state index is 13.1. The van der Waals surface area contributed by atoms with E-state index in [0.717, 1.165) is 24.0 Å². The number of hydrogen-bond acceptors (Lipinski definition) is 1. The molecule has 19 heavy (non-hydrogen) atoms. The summed E-state index contributed by atoms with van der Waals surface area (Å²) in [5.74, 6) is 0.519. The molecule has 0 unspecified atom stereocenters. The van der Waals surface area contributed by atoms with Crippen molar-refractivity contribution in [3.63, 3.8) is 0 Å². The van der Waals surface area contributed by atoms with Gasteiger partial charge in [-0.25, -0.2) is 4.39 Å². The summed E-state index contributed by atoms with van der Waals surface area (Å²) in [6.07, 6.45) is 4.92. The van der Waals surface area contributed by atoms with Crippen molar-refractivity contribution in [3.8, 4) is 0 Å². The van der Waals surface area contributed by atoms with Crippen molar-refractivity contribution in [2.75, 3.05) is 13.1 Å². The third kappa shape index (κ3) is 4.03. The van der Waals surface area contributed by atoms with Gasteiger partial charge in [-0.2, -0.15) is 0 Å². The Bertz CT molecular complexity index is 427. The Morgan fingerprint density at radius 3 is 2.63 bits per heavy atom. The summed E-state index contributed by atoms with van der Waals surface area (Å²) in [6.45, 7) is 6.62. The fourth-order valence-electron chi connectivity index (χ4n) is 2.79. The second kappa shape index (κ2) is 6.36. The first-order valence-electron chi connectivity index (χ1n) is 7.15. The highest BCUT2D eigenvalue weighted by atomic mass is 79.9. The minimum Gasteiger partial charge on any atom is -0.316 e. The molecule has 0 atom stereocenters. The Kier molecular flexibility index (Phi) is 5.02. The lowest BCUT2D eigenvalue weighted by molar-refractivity contribution is 0.128. The summed E-state index contributed by atoms with van der Waals surface area (Å²) in [6, 6.07) is 5.05. The van der Waals surface area contributed by atoms with Gasteiger partial charge in [-0.1, -0.05) is 42.3 Å². The molecule has 0 heterocycles. The summed E-state index contributed by atoms with van der Waals surface area (Å²) in [5, 5.41) is 3.59. The van der Waals surface area contributed by atoms with Crippen LogP contribution < -0.4 is 5.32 Å². The van der Waals surface area contributed by atoms with Crippen LogP contribution >= 0.6 is 15.9 Å². The highest BCUT2D eigenvalue weighted by Crippen LogP contribution is 2.44. The fraction of sp³-hybridized carbons (Fsp3) is 0.625. The van der Waals surface area contributed by atoms with Gasteiger partial charge in [0, 0.05) is 11.0 Å². The van der Waals surface area contributed by atoms with E-state index in [4.69, 9.17) is 0 Å². The third-order valence-electron chi connectivity index (χ3n) is 4.05. The van der Waals surface area contributed by atoms with Crippen LogP contribution in [0.1, 0.15) is 38.7 Å². The molecule has 0 aliphatic heterocycles. The molecule has 1 aromatic rings. The van der Waals surface area contributed by atoms with E-state index < -0.39 is 0 Å². The minimum atomic E-state index is -0.170. The zero-order valence-electron chi connectivity index (χ0n) is 11.8. The van der Waals surface area contributed by atoms with Crippen molar-refractivity contribution in [2.24, 2.45) is 11.3 Å². The maximum Gasteiger partial charge on any atom is 0.124 e. The van der Waals surface area contributed by atoms with Gasteiger partial charge in [0.25, 0.3) is 0 Å². The van der Waals surface area contributed by atoms with Crippen molar-refractivity contribution >= 4 is 15.9 Å².